The molecule has 32 heavy (non-hydrogen) atoms. The number of carbonyl (C=O) groups excluding carboxylic acids is 2. The molecule has 1 aliphatic heterocycles. The number of esters is 2. The van der Waals surface area contributed by atoms with Gasteiger partial charge in [-0.1, -0.05) is 58.1 Å². The molecule has 0 amide bonds. The molecule has 2 N–H and O–H groups in total. The molecule has 0 aliphatic carbocycles. The number of phenols is 1. The molecule has 0 fully saturated rings. The number of benzene rings is 1. The molecule has 180 valence electrons. The Morgan fingerprint density at radius 1 is 1.19 bits per heavy atom. The van der Waals surface area contributed by atoms with Crippen LogP contribution in [0.5, 0.6) is 5.75 Å². The molecule has 0 aromatic heterocycles. The number of hydrogen-bond acceptors (Lipinski definition) is 6. The summed E-state index contributed by atoms with van der Waals surface area (Å²) in [6.07, 6.45) is 8.48. The molecule has 1 aromatic carbocycles. The topological polar surface area (TPSA) is 93.1 Å². The van der Waals surface area contributed by atoms with Crippen molar-refractivity contribution < 1.29 is 29.3 Å². The molecule has 1 heterocycles. The summed E-state index contributed by atoms with van der Waals surface area (Å²) in [5, 5.41) is 20.9. The zero-order chi connectivity index (χ0) is 23.3. The van der Waals surface area contributed by atoms with Crippen molar-refractivity contribution in [1.29, 1.82) is 0 Å². The Kier molecular flexibility index (Phi) is 11.6. The zero-order valence-electron chi connectivity index (χ0n) is 19.7. The van der Waals surface area contributed by atoms with Gasteiger partial charge in [-0.3, -0.25) is 4.79 Å². The Hall–Kier alpha value is -2.08. The number of hydrogen-bond donors (Lipinski definition) is 2. The Morgan fingerprint density at radius 2 is 1.97 bits per heavy atom. The molecule has 0 spiro atoms. The summed E-state index contributed by atoms with van der Waals surface area (Å²) < 4.78 is 11.1. The van der Waals surface area contributed by atoms with Crippen LogP contribution in [0.3, 0.4) is 0 Å². The van der Waals surface area contributed by atoms with E-state index in [9.17, 15) is 19.8 Å². The molecule has 1 aromatic rings. The Balaban J connectivity index is 1.97. The number of rotatable bonds is 9. The van der Waals surface area contributed by atoms with Gasteiger partial charge in [-0.2, -0.15) is 0 Å². The van der Waals surface area contributed by atoms with Crippen LogP contribution in [0, 0.1) is 5.92 Å². The van der Waals surface area contributed by atoms with Gasteiger partial charge >= 0.3 is 11.9 Å². The van der Waals surface area contributed by atoms with E-state index in [1.54, 1.807) is 6.07 Å². The van der Waals surface area contributed by atoms with Gasteiger partial charge in [0.1, 0.15) is 17.4 Å². The van der Waals surface area contributed by atoms with Crippen LogP contribution in [-0.2, 0) is 20.7 Å². The van der Waals surface area contributed by atoms with E-state index in [1.165, 1.54) is 12.5 Å². The molecule has 0 bridgehead atoms. The molecule has 6 heteroatoms. The quantitative estimate of drug-likeness (QED) is 0.392. The van der Waals surface area contributed by atoms with Crippen LogP contribution >= 0.6 is 0 Å². The van der Waals surface area contributed by atoms with E-state index >= 15 is 0 Å². The van der Waals surface area contributed by atoms with E-state index < -0.39 is 18.2 Å². The summed E-state index contributed by atoms with van der Waals surface area (Å²) in [4.78, 5) is 24.9. The van der Waals surface area contributed by atoms with Crippen LogP contribution in [0.1, 0.15) is 100 Å². The number of unbranched alkanes of at least 4 members (excludes halogenated alkanes) is 4. The molecule has 3 atom stereocenters. The van der Waals surface area contributed by atoms with Gasteiger partial charge in [0.15, 0.2) is 0 Å². The molecule has 0 saturated carbocycles. The number of ether oxygens (including phenoxy) is 2. The molecular formula is C26H40O6. The predicted molar refractivity (Wildman–Crippen MR) is 124 cm³/mol. The second kappa shape index (κ2) is 14.1. The van der Waals surface area contributed by atoms with Gasteiger partial charge in [-0.05, 0) is 43.2 Å². The molecule has 1 aliphatic rings. The van der Waals surface area contributed by atoms with Crippen LogP contribution in [0.25, 0.3) is 0 Å². The number of cyclic esters (lactones) is 1. The van der Waals surface area contributed by atoms with E-state index in [0.29, 0.717) is 19.3 Å². The summed E-state index contributed by atoms with van der Waals surface area (Å²) in [6.45, 7) is 4.30. The molecule has 0 radical (unpaired) electrons. The number of aryl methyl sites for hydroxylation is 1. The summed E-state index contributed by atoms with van der Waals surface area (Å²) in [5.41, 5.74) is 0.974. The maximum atomic E-state index is 12.9. The summed E-state index contributed by atoms with van der Waals surface area (Å²) >= 11 is 0. The van der Waals surface area contributed by atoms with Crippen LogP contribution in [0.2, 0.25) is 0 Å². The number of aliphatic hydroxyl groups excluding tert-OH is 1. The summed E-state index contributed by atoms with van der Waals surface area (Å²) in [7, 11) is 0. The minimum atomic E-state index is -0.606. The fraction of sp³-hybridized carbons (Fsp3) is 0.692. The lowest BCUT2D eigenvalue weighted by Gasteiger charge is -2.26. The van der Waals surface area contributed by atoms with E-state index in [4.69, 9.17) is 9.47 Å². The van der Waals surface area contributed by atoms with Gasteiger partial charge < -0.3 is 19.7 Å². The summed E-state index contributed by atoms with van der Waals surface area (Å²) in [6, 6.07) is 5.07. The fourth-order valence-corrected chi connectivity index (χ4v) is 4.19. The van der Waals surface area contributed by atoms with Gasteiger partial charge in [0.25, 0.3) is 0 Å². The standard InChI is InChI=1S/C26H40O6/c1-3-4-5-6-7-15-24(29)31-17-16-21-18-23(28)19(2)11-8-9-12-20-13-10-14-22(27)25(20)26(30)32-21/h10,13-14,19,21,23,27-28H,3-9,11-12,15-18H2,1-2H3/t19-,21?,23+/m0/s1. The van der Waals surface area contributed by atoms with Gasteiger partial charge in [0.05, 0.1) is 12.7 Å². The van der Waals surface area contributed by atoms with Crippen LogP contribution < -0.4 is 0 Å². The van der Waals surface area contributed by atoms with Gasteiger partial charge in [0.2, 0.25) is 0 Å². The normalized spacial score (nSPS) is 22.2. The van der Waals surface area contributed by atoms with Crippen molar-refractivity contribution in [1.82, 2.24) is 0 Å². The van der Waals surface area contributed by atoms with Gasteiger partial charge in [0, 0.05) is 19.3 Å². The molecule has 0 saturated heterocycles. The van der Waals surface area contributed by atoms with Crippen molar-refractivity contribution in [2.75, 3.05) is 6.61 Å². The van der Waals surface area contributed by atoms with Crippen molar-refractivity contribution in [2.24, 2.45) is 5.92 Å². The van der Waals surface area contributed by atoms with Crippen molar-refractivity contribution >= 4 is 11.9 Å². The first kappa shape index (κ1) is 26.2. The number of phenolic OH excluding ortho intramolecular Hbond substituents is 1. The van der Waals surface area contributed by atoms with Gasteiger partial charge in [-0.15, -0.1) is 0 Å². The highest BCUT2D eigenvalue weighted by atomic mass is 16.6. The van der Waals surface area contributed by atoms with E-state index in [1.807, 2.05) is 13.0 Å². The smallest absolute Gasteiger partial charge is 0.342 e. The van der Waals surface area contributed by atoms with Crippen molar-refractivity contribution in [3.63, 3.8) is 0 Å². The maximum absolute atomic E-state index is 12.9. The van der Waals surface area contributed by atoms with Crippen LogP contribution in [-0.4, -0.2) is 41.0 Å². The third-order valence-corrected chi connectivity index (χ3v) is 6.31. The monoisotopic (exact) mass is 448 g/mol. The number of fused-ring (bicyclic) bond motifs is 1. The third-order valence-electron chi connectivity index (χ3n) is 6.31. The van der Waals surface area contributed by atoms with Crippen molar-refractivity contribution in [3.8, 4) is 5.75 Å². The second-order valence-electron chi connectivity index (χ2n) is 9.04. The Labute approximate surface area is 192 Å². The molecule has 2 rings (SSSR count). The van der Waals surface area contributed by atoms with Crippen molar-refractivity contribution in [3.05, 3.63) is 29.3 Å². The summed E-state index contributed by atoms with van der Waals surface area (Å²) in [5.74, 6) is -0.833. The highest BCUT2D eigenvalue weighted by Crippen LogP contribution is 2.27. The SMILES string of the molecule is CCCCCCCC(=O)OCCC1C[C@@H](O)[C@@H](C)CCCCc2cccc(O)c2C(=O)O1. The minimum Gasteiger partial charge on any atom is -0.507 e. The van der Waals surface area contributed by atoms with E-state index in [0.717, 1.165) is 50.5 Å². The molecular weight excluding hydrogens is 408 g/mol. The van der Waals surface area contributed by atoms with E-state index in [2.05, 4.69) is 6.92 Å². The lowest BCUT2D eigenvalue weighted by molar-refractivity contribution is -0.144. The first-order chi connectivity index (χ1) is 15.4. The number of aliphatic hydroxyl groups is 1. The average molecular weight is 449 g/mol. The highest BCUT2D eigenvalue weighted by Gasteiger charge is 2.26. The Bertz CT molecular complexity index is 716. The molecule has 1 unspecified atom stereocenters. The second-order valence-corrected chi connectivity index (χ2v) is 9.04. The largest absolute Gasteiger partial charge is 0.507 e. The first-order valence-electron chi connectivity index (χ1n) is 12.3. The lowest BCUT2D eigenvalue weighted by atomic mass is 9.91. The third kappa shape index (κ3) is 8.81. The fourth-order valence-electron chi connectivity index (χ4n) is 4.19. The maximum Gasteiger partial charge on any atom is 0.342 e. The predicted octanol–water partition coefficient (Wildman–Crippen LogP) is 5.32. The average Bonchev–Trinajstić information content (AvgIpc) is 2.75. The van der Waals surface area contributed by atoms with E-state index in [-0.39, 0.29) is 36.2 Å². The van der Waals surface area contributed by atoms with Crippen LogP contribution in [0.4, 0.5) is 0 Å². The Morgan fingerprint density at radius 3 is 2.75 bits per heavy atom. The number of carbonyl (C=O) groups is 2. The highest BCUT2D eigenvalue weighted by molar-refractivity contribution is 5.94. The molecule has 6 nitrogen and oxygen atoms in total. The number of aromatic hydroxyl groups is 1. The van der Waals surface area contributed by atoms with Gasteiger partial charge in [-0.25, -0.2) is 4.79 Å². The van der Waals surface area contributed by atoms with Crippen molar-refractivity contribution in [2.45, 2.75) is 103 Å². The van der Waals surface area contributed by atoms with Crippen LogP contribution in [0.15, 0.2) is 18.2 Å². The lowest BCUT2D eigenvalue weighted by Crippen LogP contribution is -2.30. The minimum absolute atomic E-state index is 0.0879. The first-order valence-corrected chi connectivity index (χ1v) is 12.3. The zero-order valence-corrected chi connectivity index (χ0v) is 19.7.